The second kappa shape index (κ2) is 11.3. The van der Waals surface area contributed by atoms with E-state index in [0.717, 1.165) is 11.8 Å². The molecule has 0 saturated heterocycles. The van der Waals surface area contributed by atoms with E-state index in [9.17, 15) is 14.4 Å². The van der Waals surface area contributed by atoms with Crippen molar-refractivity contribution >= 4 is 18.3 Å². The summed E-state index contributed by atoms with van der Waals surface area (Å²) in [6, 6.07) is 8.00. The molecule has 0 aromatic heterocycles. The molecule has 0 saturated carbocycles. The highest BCUT2D eigenvalue weighted by molar-refractivity contribution is 5.87. The lowest BCUT2D eigenvalue weighted by molar-refractivity contribution is -0.127. The average Bonchev–Trinajstić information content (AvgIpc) is 2.63. The molecule has 26 heavy (non-hydrogen) atoms. The molecule has 2 amide bonds. The summed E-state index contributed by atoms with van der Waals surface area (Å²) in [6.07, 6.45) is 1.34. The molecule has 1 aromatic rings. The van der Waals surface area contributed by atoms with E-state index in [1.165, 1.54) is 0 Å². The van der Waals surface area contributed by atoms with Crippen LogP contribution in [0.2, 0.25) is 0 Å². The van der Waals surface area contributed by atoms with Gasteiger partial charge in [0.15, 0.2) is 0 Å². The number of hydrogen-bond acceptors (Lipinski definition) is 4. The van der Waals surface area contributed by atoms with Gasteiger partial charge in [0.1, 0.15) is 18.9 Å². The normalized spacial score (nSPS) is 14.2. The van der Waals surface area contributed by atoms with Gasteiger partial charge in [-0.2, -0.15) is 0 Å². The molecule has 0 fully saturated rings. The topological polar surface area (TPSA) is 84.5 Å². The SMILES string of the molecule is CC[C@H](C)[C@@H](NC(=O)OCc1ccccc1)C(=O)N[C@H](C=O)CC(C)C. The molecule has 6 heteroatoms. The van der Waals surface area contributed by atoms with Crippen molar-refractivity contribution < 1.29 is 19.1 Å². The Kier molecular flexibility index (Phi) is 9.41. The van der Waals surface area contributed by atoms with Crippen LogP contribution in [0.3, 0.4) is 0 Å². The molecule has 0 aliphatic carbocycles. The Balaban J connectivity index is 2.65. The monoisotopic (exact) mass is 362 g/mol. The van der Waals surface area contributed by atoms with Crippen molar-refractivity contribution in [1.82, 2.24) is 10.6 Å². The second-order valence-corrected chi connectivity index (χ2v) is 6.95. The van der Waals surface area contributed by atoms with Crippen LogP contribution in [0.5, 0.6) is 0 Å². The number of rotatable bonds is 10. The number of alkyl carbamates (subject to hydrolysis) is 1. The summed E-state index contributed by atoms with van der Waals surface area (Å²) in [6.45, 7) is 7.90. The Morgan fingerprint density at radius 2 is 1.77 bits per heavy atom. The molecule has 0 bridgehead atoms. The Labute approximate surface area is 155 Å². The third kappa shape index (κ3) is 7.68. The summed E-state index contributed by atoms with van der Waals surface area (Å²) in [7, 11) is 0. The first-order valence-corrected chi connectivity index (χ1v) is 9.10. The molecule has 0 heterocycles. The number of hydrogen-bond donors (Lipinski definition) is 2. The molecule has 0 aliphatic heterocycles. The van der Waals surface area contributed by atoms with Gasteiger partial charge in [0.25, 0.3) is 0 Å². The van der Waals surface area contributed by atoms with Crippen molar-refractivity contribution in [3.05, 3.63) is 35.9 Å². The first kappa shape index (κ1) is 21.7. The lowest BCUT2D eigenvalue weighted by Gasteiger charge is -2.25. The number of aldehydes is 1. The van der Waals surface area contributed by atoms with Gasteiger partial charge in [-0.1, -0.05) is 64.4 Å². The van der Waals surface area contributed by atoms with E-state index in [2.05, 4.69) is 10.6 Å². The van der Waals surface area contributed by atoms with Crippen LogP contribution in [0.25, 0.3) is 0 Å². The van der Waals surface area contributed by atoms with Crippen LogP contribution < -0.4 is 10.6 Å². The van der Waals surface area contributed by atoms with Crippen molar-refractivity contribution in [1.29, 1.82) is 0 Å². The second-order valence-electron chi connectivity index (χ2n) is 6.95. The fraction of sp³-hybridized carbons (Fsp3) is 0.550. The minimum atomic E-state index is -0.752. The molecule has 6 nitrogen and oxygen atoms in total. The fourth-order valence-corrected chi connectivity index (χ4v) is 2.52. The third-order valence-corrected chi connectivity index (χ3v) is 4.20. The van der Waals surface area contributed by atoms with Crippen LogP contribution in [0.4, 0.5) is 4.79 Å². The summed E-state index contributed by atoms with van der Waals surface area (Å²) in [5.41, 5.74) is 0.866. The van der Waals surface area contributed by atoms with Crippen molar-refractivity contribution in [3.63, 3.8) is 0 Å². The molecule has 2 N–H and O–H groups in total. The number of nitrogens with one attached hydrogen (secondary N) is 2. The minimum Gasteiger partial charge on any atom is -0.445 e. The number of benzene rings is 1. The number of ether oxygens (including phenoxy) is 1. The highest BCUT2D eigenvalue weighted by atomic mass is 16.5. The van der Waals surface area contributed by atoms with Gasteiger partial charge in [0.2, 0.25) is 5.91 Å². The van der Waals surface area contributed by atoms with E-state index in [1.54, 1.807) is 0 Å². The molecule has 1 aromatic carbocycles. The first-order valence-electron chi connectivity index (χ1n) is 9.10. The van der Waals surface area contributed by atoms with Gasteiger partial charge in [-0.3, -0.25) is 4.79 Å². The zero-order valence-corrected chi connectivity index (χ0v) is 16.0. The molecular weight excluding hydrogens is 332 g/mol. The van der Waals surface area contributed by atoms with E-state index >= 15 is 0 Å². The van der Waals surface area contributed by atoms with E-state index < -0.39 is 18.2 Å². The van der Waals surface area contributed by atoms with Gasteiger partial charge in [-0.15, -0.1) is 0 Å². The molecule has 0 aliphatic rings. The van der Waals surface area contributed by atoms with Crippen LogP contribution in [-0.2, 0) is 20.9 Å². The predicted octanol–water partition coefficient (Wildman–Crippen LogP) is 3.06. The van der Waals surface area contributed by atoms with E-state index in [-0.39, 0.29) is 24.3 Å². The fourth-order valence-electron chi connectivity index (χ4n) is 2.52. The van der Waals surface area contributed by atoms with E-state index in [1.807, 2.05) is 58.0 Å². The number of amides is 2. The maximum absolute atomic E-state index is 12.6. The van der Waals surface area contributed by atoms with Gasteiger partial charge in [0, 0.05) is 0 Å². The van der Waals surface area contributed by atoms with Gasteiger partial charge < -0.3 is 20.2 Å². The highest BCUT2D eigenvalue weighted by Crippen LogP contribution is 2.10. The largest absolute Gasteiger partial charge is 0.445 e. The van der Waals surface area contributed by atoms with Crippen molar-refractivity contribution in [3.8, 4) is 0 Å². The zero-order valence-electron chi connectivity index (χ0n) is 16.0. The summed E-state index contributed by atoms with van der Waals surface area (Å²) in [5.74, 6) is -0.185. The molecule has 3 atom stereocenters. The maximum atomic E-state index is 12.6. The van der Waals surface area contributed by atoms with Crippen LogP contribution in [-0.4, -0.2) is 30.4 Å². The Morgan fingerprint density at radius 1 is 1.12 bits per heavy atom. The highest BCUT2D eigenvalue weighted by Gasteiger charge is 2.28. The minimum absolute atomic E-state index is 0.0920. The maximum Gasteiger partial charge on any atom is 0.408 e. The summed E-state index contributed by atoms with van der Waals surface area (Å²) < 4.78 is 5.20. The Hall–Kier alpha value is -2.37. The molecule has 1 rings (SSSR count). The Morgan fingerprint density at radius 3 is 2.31 bits per heavy atom. The third-order valence-electron chi connectivity index (χ3n) is 4.20. The van der Waals surface area contributed by atoms with Crippen LogP contribution in [0.1, 0.15) is 46.1 Å². The quantitative estimate of drug-likeness (QED) is 0.627. The van der Waals surface area contributed by atoms with Crippen LogP contribution in [0, 0.1) is 11.8 Å². The predicted molar refractivity (Wildman–Crippen MR) is 100 cm³/mol. The molecular formula is C20H30N2O4. The van der Waals surface area contributed by atoms with Gasteiger partial charge in [-0.05, 0) is 23.8 Å². The lowest BCUT2D eigenvalue weighted by Crippen LogP contribution is -2.53. The molecule has 144 valence electrons. The molecule has 0 unspecified atom stereocenters. The summed E-state index contributed by atoms with van der Waals surface area (Å²) in [5, 5.41) is 5.35. The van der Waals surface area contributed by atoms with Gasteiger partial charge in [0.05, 0.1) is 6.04 Å². The van der Waals surface area contributed by atoms with Crippen molar-refractivity contribution in [2.75, 3.05) is 0 Å². The smallest absolute Gasteiger partial charge is 0.408 e. The van der Waals surface area contributed by atoms with E-state index in [0.29, 0.717) is 12.8 Å². The van der Waals surface area contributed by atoms with Crippen molar-refractivity contribution in [2.45, 2.75) is 59.2 Å². The Bertz CT molecular complexity index is 574. The van der Waals surface area contributed by atoms with Crippen molar-refractivity contribution in [2.24, 2.45) is 11.8 Å². The van der Waals surface area contributed by atoms with Crippen LogP contribution in [0.15, 0.2) is 30.3 Å². The molecule has 0 radical (unpaired) electrons. The number of carbonyl (C=O) groups excluding carboxylic acids is 3. The van der Waals surface area contributed by atoms with Gasteiger partial charge in [-0.25, -0.2) is 4.79 Å². The average molecular weight is 362 g/mol. The first-order chi connectivity index (χ1) is 12.4. The summed E-state index contributed by atoms with van der Waals surface area (Å²) in [4.78, 5) is 35.9. The molecule has 0 spiro atoms. The number of carbonyl (C=O) groups is 3. The van der Waals surface area contributed by atoms with Gasteiger partial charge >= 0.3 is 6.09 Å². The standard InChI is InChI=1S/C20H30N2O4/c1-5-15(4)18(19(24)21-17(12-23)11-14(2)3)22-20(25)26-13-16-9-7-6-8-10-16/h6-10,12,14-15,17-18H,5,11,13H2,1-4H3,(H,21,24)(H,22,25)/t15-,17-,18+/m0/s1. The summed E-state index contributed by atoms with van der Waals surface area (Å²) >= 11 is 0. The van der Waals surface area contributed by atoms with Crippen LogP contribution >= 0.6 is 0 Å². The van der Waals surface area contributed by atoms with E-state index in [4.69, 9.17) is 4.74 Å². The zero-order chi connectivity index (χ0) is 19.5. The lowest BCUT2D eigenvalue weighted by atomic mass is 9.97.